The van der Waals surface area contributed by atoms with E-state index in [2.05, 4.69) is 13.8 Å². The molecule has 25 heavy (non-hydrogen) atoms. The third kappa shape index (κ3) is 8.22. The molecule has 0 aliphatic rings. The van der Waals surface area contributed by atoms with Gasteiger partial charge in [-0.1, -0.05) is 38.0 Å². The summed E-state index contributed by atoms with van der Waals surface area (Å²) >= 11 is 0. The van der Waals surface area contributed by atoms with E-state index in [1.54, 1.807) is 0 Å². The van der Waals surface area contributed by atoms with Crippen LogP contribution in [-0.4, -0.2) is 35.5 Å². The Kier molecular flexibility index (Phi) is 9.11. The number of phenolic OH excluding ortho intramolecular Hbond substituents is 1. The number of ether oxygens (including phenoxy) is 2. The highest BCUT2D eigenvalue weighted by atomic mass is 16.5. The van der Waals surface area contributed by atoms with Gasteiger partial charge in [-0.25, -0.2) is 4.79 Å². The second kappa shape index (κ2) is 11.1. The fourth-order valence-corrected chi connectivity index (χ4v) is 1.73. The number of hydrogen-bond donors (Lipinski definition) is 2. The maximum Gasteiger partial charge on any atom is 0.338 e. The van der Waals surface area contributed by atoms with Crippen molar-refractivity contribution in [3.05, 3.63) is 59.7 Å². The van der Waals surface area contributed by atoms with Gasteiger partial charge < -0.3 is 19.7 Å². The Bertz CT molecular complexity index is 620. The zero-order valence-electron chi connectivity index (χ0n) is 14.9. The highest BCUT2D eigenvalue weighted by Crippen LogP contribution is 2.12. The summed E-state index contributed by atoms with van der Waals surface area (Å²) in [6.45, 7) is 6.10. The number of benzene rings is 2. The van der Waals surface area contributed by atoms with Gasteiger partial charge in [0.1, 0.15) is 30.8 Å². The summed E-state index contributed by atoms with van der Waals surface area (Å²) < 4.78 is 10.4. The van der Waals surface area contributed by atoms with Crippen LogP contribution >= 0.6 is 0 Å². The van der Waals surface area contributed by atoms with Crippen LogP contribution in [0.25, 0.3) is 0 Å². The van der Waals surface area contributed by atoms with E-state index in [0.717, 1.165) is 5.56 Å². The van der Waals surface area contributed by atoms with Crippen LogP contribution in [0.3, 0.4) is 0 Å². The standard InChI is InChI=1S/C17H18O5.C3H8/c1-12-2-8-16(9-3-12)21-10-15(19)11-22-17(20)13-4-6-14(18)7-5-13;1-3-2/h2-9,15,18-19H,10-11H2,1H3;3H2,1-2H3. The molecule has 2 aromatic carbocycles. The number of phenols is 1. The van der Waals surface area contributed by atoms with Gasteiger partial charge in [-0.2, -0.15) is 0 Å². The maximum absolute atomic E-state index is 11.7. The zero-order chi connectivity index (χ0) is 18.7. The SMILES string of the molecule is CCC.Cc1ccc(OCC(O)COC(=O)c2ccc(O)cc2)cc1. The van der Waals surface area contributed by atoms with Gasteiger partial charge in [-0.15, -0.1) is 0 Å². The number of aliphatic hydroxyl groups excluding tert-OH is 1. The Hall–Kier alpha value is -2.53. The van der Waals surface area contributed by atoms with E-state index >= 15 is 0 Å². The van der Waals surface area contributed by atoms with Crippen LogP contribution in [0, 0.1) is 6.92 Å². The van der Waals surface area contributed by atoms with Crippen molar-refractivity contribution < 1.29 is 24.5 Å². The van der Waals surface area contributed by atoms with Gasteiger partial charge in [0.15, 0.2) is 0 Å². The molecule has 0 fully saturated rings. The fraction of sp³-hybridized carbons (Fsp3) is 0.350. The topological polar surface area (TPSA) is 76.0 Å². The molecule has 1 atom stereocenters. The van der Waals surface area contributed by atoms with Crippen LogP contribution in [0.4, 0.5) is 0 Å². The van der Waals surface area contributed by atoms with E-state index in [9.17, 15) is 9.90 Å². The summed E-state index contributed by atoms with van der Waals surface area (Å²) in [6, 6.07) is 13.1. The van der Waals surface area contributed by atoms with E-state index in [-0.39, 0.29) is 19.0 Å². The molecule has 0 saturated heterocycles. The minimum atomic E-state index is -0.914. The molecular formula is C20H26O5. The Labute approximate surface area is 148 Å². The lowest BCUT2D eigenvalue weighted by Gasteiger charge is -2.13. The fourth-order valence-electron chi connectivity index (χ4n) is 1.73. The molecule has 2 aromatic rings. The smallest absolute Gasteiger partial charge is 0.338 e. The number of esters is 1. The van der Waals surface area contributed by atoms with Crippen LogP contribution in [0.1, 0.15) is 36.2 Å². The molecule has 5 nitrogen and oxygen atoms in total. The third-order valence-corrected chi connectivity index (χ3v) is 2.97. The van der Waals surface area contributed by atoms with E-state index < -0.39 is 12.1 Å². The number of aryl methyl sites for hydroxylation is 1. The first-order valence-corrected chi connectivity index (χ1v) is 8.29. The number of carbonyl (C=O) groups excluding carboxylic acids is 1. The minimum Gasteiger partial charge on any atom is -0.508 e. The number of hydrogen-bond acceptors (Lipinski definition) is 5. The van der Waals surface area contributed by atoms with Gasteiger partial charge in [-0.05, 0) is 43.3 Å². The van der Waals surface area contributed by atoms with Gasteiger partial charge in [-0.3, -0.25) is 0 Å². The van der Waals surface area contributed by atoms with E-state index in [1.807, 2.05) is 31.2 Å². The Morgan fingerprint density at radius 2 is 1.56 bits per heavy atom. The Balaban J connectivity index is 0.000000970. The summed E-state index contributed by atoms with van der Waals surface area (Å²) in [5, 5.41) is 18.9. The Morgan fingerprint density at radius 1 is 1.00 bits per heavy atom. The highest BCUT2D eigenvalue weighted by Gasteiger charge is 2.11. The minimum absolute atomic E-state index is 0.0336. The first-order chi connectivity index (χ1) is 12.0. The number of aromatic hydroxyl groups is 1. The van der Waals surface area contributed by atoms with Crippen molar-refractivity contribution >= 4 is 5.97 Å². The molecule has 0 spiro atoms. The van der Waals surface area contributed by atoms with Gasteiger partial charge >= 0.3 is 5.97 Å². The average Bonchev–Trinajstić information content (AvgIpc) is 2.60. The molecule has 0 bridgehead atoms. The molecule has 0 heterocycles. The molecule has 0 radical (unpaired) electrons. The first kappa shape index (κ1) is 20.5. The molecule has 136 valence electrons. The summed E-state index contributed by atoms with van der Waals surface area (Å²) in [7, 11) is 0. The van der Waals surface area contributed by atoms with Crippen LogP contribution in [0.2, 0.25) is 0 Å². The summed E-state index contributed by atoms with van der Waals surface area (Å²) in [6.07, 6.45) is 0.336. The molecule has 2 rings (SSSR count). The predicted molar refractivity (Wildman–Crippen MR) is 97.0 cm³/mol. The van der Waals surface area contributed by atoms with Crippen molar-refractivity contribution in [1.29, 1.82) is 0 Å². The van der Waals surface area contributed by atoms with E-state index in [1.165, 1.54) is 30.7 Å². The second-order valence-corrected chi connectivity index (χ2v) is 5.63. The molecule has 0 aliphatic carbocycles. The zero-order valence-corrected chi connectivity index (χ0v) is 14.9. The molecular weight excluding hydrogens is 320 g/mol. The number of aliphatic hydroxyl groups is 1. The largest absolute Gasteiger partial charge is 0.508 e. The van der Waals surface area contributed by atoms with Crippen LogP contribution in [0.5, 0.6) is 11.5 Å². The van der Waals surface area contributed by atoms with Crippen molar-refractivity contribution in [2.75, 3.05) is 13.2 Å². The quantitative estimate of drug-likeness (QED) is 0.780. The lowest BCUT2D eigenvalue weighted by molar-refractivity contribution is 0.0130. The molecule has 0 amide bonds. The molecule has 2 N–H and O–H groups in total. The average molecular weight is 346 g/mol. The molecule has 0 saturated carbocycles. The lowest BCUT2D eigenvalue weighted by Crippen LogP contribution is -2.25. The van der Waals surface area contributed by atoms with Crippen molar-refractivity contribution in [2.45, 2.75) is 33.3 Å². The van der Waals surface area contributed by atoms with Crippen LogP contribution < -0.4 is 4.74 Å². The highest BCUT2D eigenvalue weighted by molar-refractivity contribution is 5.89. The lowest BCUT2D eigenvalue weighted by atomic mass is 10.2. The maximum atomic E-state index is 11.7. The van der Waals surface area contributed by atoms with Crippen LogP contribution in [0.15, 0.2) is 48.5 Å². The van der Waals surface area contributed by atoms with Gasteiger partial charge in [0.2, 0.25) is 0 Å². The first-order valence-electron chi connectivity index (χ1n) is 8.29. The van der Waals surface area contributed by atoms with Gasteiger partial charge in [0.25, 0.3) is 0 Å². The molecule has 1 unspecified atom stereocenters. The van der Waals surface area contributed by atoms with Crippen molar-refractivity contribution in [3.63, 3.8) is 0 Å². The molecule has 0 aliphatic heterocycles. The molecule has 0 aromatic heterocycles. The predicted octanol–water partition coefficient (Wildman–Crippen LogP) is 3.71. The Morgan fingerprint density at radius 3 is 2.12 bits per heavy atom. The summed E-state index contributed by atoms with van der Waals surface area (Å²) in [5.74, 6) is 0.159. The second-order valence-electron chi connectivity index (χ2n) is 5.63. The van der Waals surface area contributed by atoms with E-state index in [4.69, 9.17) is 14.6 Å². The van der Waals surface area contributed by atoms with Crippen molar-refractivity contribution in [1.82, 2.24) is 0 Å². The number of rotatable bonds is 6. The van der Waals surface area contributed by atoms with Crippen LogP contribution in [-0.2, 0) is 4.74 Å². The number of carbonyl (C=O) groups is 1. The third-order valence-electron chi connectivity index (χ3n) is 2.97. The summed E-state index contributed by atoms with van der Waals surface area (Å²) in [4.78, 5) is 11.7. The van der Waals surface area contributed by atoms with Crippen molar-refractivity contribution in [3.8, 4) is 11.5 Å². The van der Waals surface area contributed by atoms with Gasteiger partial charge in [0.05, 0.1) is 5.56 Å². The summed E-state index contributed by atoms with van der Waals surface area (Å²) in [5.41, 5.74) is 1.43. The monoisotopic (exact) mass is 346 g/mol. The van der Waals surface area contributed by atoms with Gasteiger partial charge in [0, 0.05) is 0 Å². The molecule has 5 heteroatoms. The van der Waals surface area contributed by atoms with Crippen molar-refractivity contribution in [2.24, 2.45) is 0 Å². The normalized spacial score (nSPS) is 11.0. The van der Waals surface area contributed by atoms with E-state index in [0.29, 0.717) is 11.3 Å².